The first-order valence-corrected chi connectivity index (χ1v) is 7.35. The first-order chi connectivity index (χ1) is 8.63. The van der Waals surface area contributed by atoms with Crippen molar-refractivity contribution in [2.24, 2.45) is 0 Å². The zero-order chi connectivity index (χ0) is 13.4. The topological polar surface area (TPSA) is 87.7 Å². The summed E-state index contributed by atoms with van der Waals surface area (Å²) < 4.78 is 5.24. The molecule has 1 aliphatic rings. The molecule has 0 aromatic carbocycles. The maximum absolute atomic E-state index is 11.7. The van der Waals surface area contributed by atoms with Gasteiger partial charge in [-0.05, 0) is 18.4 Å². The first-order valence-electron chi connectivity index (χ1n) is 5.95. The number of carboxylic acids is 1. The number of amides is 1. The lowest BCUT2D eigenvalue weighted by Crippen LogP contribution is -2.47. The van der Waals surface area contributed by atoms with Crippen molar-refractivity contribution in [2.45, 2.75) is 24.9 Å². The molecular weight excluding hydrogens is 256 g/mol. The highest BCUT2D eigenvalue weighted by atomic mass is 32.2. The predicted octanol–water partition coefficient (Wildman–Crippen LogP) is -0.313. The first kappa shape index (κ1) is 15.3. The average molecular weight is 276 g/mol. The van der Waals surface area contributed by atoms with Crippen LogP contribution in [0.5, 0.6) is 0 Å². The van der Waals surface area contributed by atoms with Crippen LogP contribution in [0.25, 0.3) is 0 Å². The molecule has 0 spiro atoms. The highest BCUT2D eigenvalue weighted by molar-refractivity contribution is 7.98. The van der Waals surface area contributed by atoms with Crippen LogP contribution in [-0.2, 0) is 14.3 Å². The minimum Gasteiger partial charge on any atom is -0.480 e. The second kappa shape index (κ2) is 8.34. The van der Waals surface area contributed by atoms with Gasteiger partial charge in [0.15, 0.2) is 0 Å². The van der Waals surface area contributed by atoms with Crippen molar-refractivity contribution in [1.82, 2.24) is 10.6 Å². The largest absolute Gasteiger partial charge is 0.480 e. The van der Waals surface area contributed by atoms with Gasteiger partial charge < -0.3 is 20.5 Å². The van der Waals surface area contributed by atoms with Crippen LogP contribution in [0.15, 0.2) is 0 Å². The fourth-order valence-corrected chi connectivity index (χ4v) is 2.19. The minimum absolute atomic E-state index is 0.0197. The zero-order valence-electron chi connectivity index (χ0n) is 10.5. The molecule has 0 radical (unpaired) electrons. The van der Waals surface area contributed by atoms with Crippen LogP contribution in [0.3, 0.4) is 0 Å². The number of thioether (sulfide) groups is 1. The third-order valence-electron chi connectivity index (χ3n) is 2.67. The number of nitrogens with one attached hydrogen (secondary N) is 2. The molecule has 7 heteroatoms. The van der Waals surface area contributed by atoms with E-state index in [0.717, 1.165) is 6.54 Å². The molecule has 2 atom stereocenters. The van der Waals surface area contributed by atoms with E-state index in [1.54, 1.807) is 11.8 Å². The third-order valence-corrected chi connectivity index (χ3v) is 3.32. The summed E-state index contributed by atoms with van der Waals surface area (Å²) in [6.45, 7) is 1.88. The second-order valence-electron chi connectivity index (χ2n) is 4.17. The highest BCUT2D eigenvalue weighted by Gasteiger charge is 2.22. The van der Waals surface area contributed by atoms with E-state index in [2.05, 4.69) is 10.6 Å². The maximum Gasteiger partial charge on any atom is 0.326 e. The van der Waals surface area contributed by atoms with E-state index in [-0.39, 0.29) is 18.4 Å². The molecule has 0 bridgehead atoms. The SMILES string of the molecule is CSCC[C@@H](NC(=O)CC1COCCN1)C(=O)O. The Balaban J connectivity index is 2.32. The van der Waals surface area contributed by atoms with Gasteiger partial charge in [-0.1, -0.05) is 0 Å². The van der Waals surface area contributed by atoms with Gasteiger partial charge in [-0.15, -0.1) is 0 Å². The number of hydrogen-bond donors (Lipinski definition) is 3. The molecule has 1 amide bonds. The molecule has 1 aliphatic heterocycles. The Morgan fingerprint density at radius 2 is 2.39 bits per heavy atom. The average Bonchev–Trinajstić information content (AvgIpc) is 2.35. The van der Waals surface area contributed by atoms with Crippen molar-refractivity contribution in [3.63, 3.8) is 0 Å². The zero-order valence-corrected chi connectivity index (χ0v) is 11.3. The number of rotatable bonds is 7. The van der Waals surface area contributed by atoms with E-state index in [9.17, 15) is 9.59 Å². The monoisotopic (exact) mass is 276 g/mol. The number of ether oxygens (including phenoxy) is 1. The van der Waals surface area contributed by atoms with Gasteiger partial charge in [0.05, 0.1) is 13.2 Å². The van der Waals surface area contributed by atoms with Gasteiger partial charge >= 0.3 is 5.97 Å². The Morgan fingerprint density at radius 3 is 2.94 bits per heavy atom. The molecule has 0 aliphatic carbocycles. The summed E-state index contributed by atoms with van der Waals surface area (Å²) in [4.78, 5) is 22.7. The predicted molar refractivity (Wildman–Crippen MR) is 69.8 cm³/mol. The lowest BCUT2D eigenvalue weighted by Gasteiger charge is -2.24. The number of morpholine rings is 1. The van der Waals surface area contributed by atoms with Gasteiger partial charge in [0, 0.05) is 19.0 Å². The van der Waals surface area contributed by atoms with Gasteiger partial charge in [0.1, 0.15) is 6.04 Å². The molecule has 1 heterocycles. The molecule has 1 fully saturated rings. The molecule has 0 aromatic heterocycles. The van der Waals surface area contributed by atoms with E-state index < -0.39 is 12.0 Å². The van der Waals surface area contributed by atoms with Gasteiger partial charge in [0.2, 0.25) is 5.91 Å². The van der Waals surface area contributed by atoms with Crippen LogP contribution in [0.2, 0.25) is 0 Å². The van der Waals surface area contributed by atoms with E-state index in [1.165, 1.54) is 0 Å². The Labute approximate surface area is 111 Å². The van der Waals surface area contributed by atoms with Crippen molar-refractivity contribution in [3.05, 3.63) is 0 Å². The van der Waals surface area contributed by atoms with Gasteiger partial charge in [-0.25, -0.2) is 4.79 Å². The van der Waals surface area contributed by atoms with Gasteiger partial charge in [0.25, 0.3) is 0 Å². The van der Waals surface area contributed by atoms with E-state index in [4.69, 9.17) is 9.84 Å². The molecule has 6 nitrogen and oxygen atoms in total. The van der Waals surface area contributed by atoms with Crippen molar-refractivity contribution in [2.75, 3.05) is 31.8 Å². The van der Waals surface area contributed by atoms with Crippen LogP contribution in [0, 0.1) is 0 Å². The Hall–Kier alpha value is -0.790. The number of carbonyl (C=O) groups excluding carboxylic acids is 1. The van der Waals surface area contributed by atoms with Crippen LogP contribution in [0.4, 0.5) is 0 Å². The number of aliphatic carboxylic acids is 1. The van der Waals surface area contributed by atoms with Crippen molar-refractivity contribution in [3.8, 4) is 0 Å². The standard InChI is InChI=1S/C11H20N2O4S/c1-18-5-2-9(11(15)16)13-10(14)6-8-7-17-4-3-12-8/h8-9,12H,2-7H2,1H3,(H,13,14)(H,15,16)/t8?,9-/m1/s1. The van der Waals surface area contributed by atoms with Crippen molar-refractivity contribution in [1.29, 1.82) is 0 Å². The van der Waals surface area contributed by atoms with Crippen molar-refractivity contribution >= 4 is 23.6 Å². The Kier molecular flexibility index (Phi) is 7.07. The number of carbonyl (C=O) groups is 2. The quantitative estimate of drug-likeness (QED) is 0.591. The molecule has 1 rings (SSSR count). The summed E-state index contributed by atoms with van der Waals surface area (Å²) in [6, 6.07) is -0.816. The Bertz CT molecular complexity index is 282. The second-order valence-corrected chi connectivity index (χ2v) is 5.16. The summed E-state index contributed by atoms with van der Waals surface area (Å²) in [5.74, 6) is -0.515. The fraction of sp³-hybridized carbons (Fsp3) is 0.818. The summed E-state index contributed by atoms with van der Waals surface area (Å²) in [7, 11) is 0. The molecule has 1 saturated heterocycles. The van der Waals surface area contributed by atoms with E-state index in [1.807, 2.05) is 6.26 Å². The molecule has 104 valence electrons. The molecule has 0 saturated carbocycles. The van der Waals surface area contributed by atoms with Crippen molar-refractivity contribution < 1.29 is 19.4 Å². The molecule has 3 N–H and O–H groups in total. The fourth-order valence-electron chi connectivity index (χ4n) is 1.72. The maximum atomic E-state index is 11.7. The number of hydrogen-bond acceptors (Lipinski definition) is 5. The minimum atomic E-state index is -0.981. The lowest BCUT2D eigenvalue weighted by molar-refractivity contribution is -0.142. The highest BCUT2D eigenvalue weighted by Crippen LogP contribution is 2.03. The smallest absolute Gasteiger partial charge is 0.326 e. The third kappa shape index (κ3) is 5.70. The summed E-state index contributed by atoms with van der Waals surface area (Å²) >= 11 is 1.56. The lowest BCUT2D eigenvalue weighted by atomic mass is 10.1. The van der Waals surface area contributed by atoms with Crippen LogP contribution < -0.4 is 10.6 Å². The van der Waals surface area contributed by atoms with E-state index >= 15 is 0 Å². The van der Waals surface area contributed by atoms with Crippen LogP contribution in [-0.4, -0.2) is 60.8 Å². The molecule has 1 unspecified atom stereocenters. The van der Waals surface area contributed by atoms with Gasteiger partial charge in [-0.2, -0.15) is 11.8 Å². The summed E-state index contributed by atoms with van der Waals surface area (Å²) in [5, 5.41) is 14.7. The molecular formula is C11H20N2O4S. The molecule has 18 heavy (non-hydrogen) atoms. The summed E-state index contributed by atoms with van der Waals surface area (Å²) in [5.41, 5.74) is 0. The number of carboxylic acid groups (broad SMARTS) is 1. The van der Waals surface area contributed by atoms with Crippen LogP contribution >= 0.6 is 11.8 Å². The van der Waals surface area contributed by atoms with Crippen LogP contribution in [0.1, 0.15) is 12.8 Å². The van der Waals surface area contributed by atoms with Gasteiger partial charge in [-0.3, -0.25) is 4.79 Å². The molecule has 0 aromatic rings. The Morgan fingerprint density at radius 1 is 1.61 bits per heavy atom. The van der Waals surface area contributed by atoms with E-state index in [0.29, 0.717) is 25.4 Å². The summed E-state index contributed by atoms with van der Waals surface area (Å²) in [6.07, 6.45) is 2.60. The normalized spacial score (nSPS) is 21.3.